The summed E-state index contributed by atoms with van der Waals surface area (Å²) in [4.78, 5) is 42.8. The Balaban J connectivity index is 1.59. The lowest BCUT2D eigenvalue weighted by Crippen LogP contribution is -2.45. The number of hydrogen-bond acceptors (Lipinski definition) is 5. The molecule has 1 aromatic carbocycles. The topological polar surface area (TPSA) is 82.9 Å². The number of aryl methyl sites for hydroxylation is 2. The Bertz CT molecular complexity index is 1030. The Labute approximate surface area is 179 Å². The fourth-order valence-corrected chi connectivity index (χ4v) is 5.23. The van der Waals surface area contributed by atoms with Crippen LogP contribution in [0.4, 0.5) is 10.5 Å². The van der Waals surface area contributed by atoms with E-state index in [0.29, 0.717) is 28.9 Å². The normalized spacial score (nSPS) is 23.9. The van der Waals surface area contributed by atoms with Crippen molar-refractivity contribution >= 4 is 35.3 Å². The number of hydrogen-bond donors (Lipinski definition) is 1. The number of benzene rings is 1. The third-order valence-electron chi connectivity index (χ3n) is 5.69. The number of furan rings is 1. The summed E-state index contributed by atoms with van der Waals surface area (Å²) in [6.45, 7) is 7.57. The summed E-state index contributed by atoms with van der Waals surface area (Å²) in [7, 11) is 0. The molecule has 0 radical (unpaired) electrons. The van der Waals surface area contributed by atoms with Crippen molar-refractivity contribution in [3.63, 3.8) is 0 Å². The second-order valence-electron chi connectivity index (χ2n) is 8.00. The van der Waals surface area contributed by atoms with E-state index in [9.17, 15) is 14.4 Å². The molecule has 7 nitrogen and oxygen atoms in total. The number of carbonyl (C=O) groups excluding carboxylic acids is 3. The number of amides is 4. The monoisotopic (exact) mass is 427 g/mol. The molecule has 2 atom stereocenters. The molecule has 4 amide bonds. The van der Waals surface area contributed by atoms with Crippen LogP contribution >= 0.6 is 11.8 Å². The largest absolute Gasteiger partial charge is 0.466 e. The molecule has 30 heavy (non-hydrogen) atoms. The molecule has 0 spiro atoms. The van der Waals surface area contributed by atoms with E-state index >= 15 is 0 Å². The molecule has 0 bridgehead atoms. The van der Waals surface area contributed by atoms with Crippen molar-refractivity contribution in [1.82, 2.24) is 10.2 Å². The molecule has 2 aliphatic rings. The number of thioether (sulfide) groups is 1. The minimum Gasteiger partial charge on any atom is -0.466 e. The van der Waals surface area contributed by atoms with Crippen molar-refractivity contribution in [1.29, 1.82) is 0 Å². The van der Waals surface area contributed by atoms with Crippen molar-refractivity contribution in [2.24, 2.45) is 0 Å². The molecule has 1 saturated heterocycles. The second kappa shape index (κ2) is 7.50. The van der Waals surface area contributed by atoms with E-state index in [0.717, 1.165) is 21.9 Å². The van der Waals surface area contributed by atoms with Gasteiger partial charge in [0.1, 0.15) is 23.6 Å². The van der Waals surface area contributed by atoms with Crippen molar-refractivity contribution in [3.8, 4) is 0 Å². The zero-order chi connectivity index (χ0) is 21.6. The van der Waals surface area contributed by atoms with Gasteiger partial charge in [-0.05, 0) is 45.4 Å². The smallest absolute Gasteiger partial charge is 0.325 e. The summed E-state index contributed by atoms with van der Waals surface area (Å²) in [5.74, 6) is 0.512. The highest BCUT2D eigenvalue weighted by molar-refractivity contribution is 8.00. The Morgan fingerprint density at radius 2 is 2.03 bits per heavy atom. The van der Waals surface area contributed by atoms with Crippen molar-refractivity contribution in [3.05, 3.63) is 47.4 Å². The first-order chi connectivity index (χ1) is 14.2. The van der Waals surface area contributed by atoms with Gasteiger partial charge in [-0.15, -0.1) is 11.8 Å². The Hall–Kier alpha value is -2.74. The number of rotatable bonds is 3. The summed E-state index contributed by atoms with van der Waals surface area (Å²) in [5, 5.41) is 3.12. The highest BCUT2D eigenvalue weighted by Crippen LogP contribution is 2.38. The number of anilines is 1. The predicted molar refractivity (Wildman–Crippen MR) is 115 cm³/mol. The Morgan fingerprint density at radius 3 is 2.73 bits per heavy atom. The van der Waals surface area contributed by atoms with Gasteiger partial charge in [-0.3, -0.25) is 14.5 Å². The average molecular weight is 428 g/mol. The first kappa shape index (κ1) is 20.5. The third-order valence-corrected chi connectivity index (χ3v) is 6.93. The molecule has 1 N–H and O–H groups in total. The van der Waals surface area contributed by atoms with Gasteiger partial charge in [0, 0.05) is 22.3 Å². The van der Waals surface area contributed by atoms with E-state index in [1.54, 1.807) is 43.5 Å². The van der Waals surface area contributed by atoms with E-state index in [-0.39, 0.29) is 12.5 Å². The summed E-state index contributed by atoms with van der Waals surface area (Å²) in [5.41, 5.74) is 0.187. The van der Waals surface area contributed by atoms with Crippen LogP contribution in [-0.4, -0.2) is 41.1 Å². The minimum atomic E-state index is -1.25. The zero-order valence-electron chi connectivity index (χ0n) is 17.5. The lowest BCUT2D eigenvalue weighted by molar-refractivity contribution is -0.134. The number of urea groups is 1. The van der Waals surface area contributed by atoms with Gasteiger partial charge in [0.05, 0.1) is 5.69 Å². The lowest BCUT2D eigenvalue weighted by atomic mass is 9.92. The zero-order valence-corrected chi connectivity index (χ0v) is 18.3. The van der Waals surface area contributed by atoms with E-state index in [1.165, 1.54) is 0 Å². The average Bonchev–Trinajstić information content (AvgIpc) is 3.06. The number of nitrogens with zero attached hydrogens (tertiary/aromatic N) is 2. The van der Waals surface area contributed by atoms with Gasteiger partial charge in [0.15, 0.2) is 0 Å². The van der Waals surface area contributed by atoms with Gasteiger partial charge in [-0.1, -0.05) is 19.1 Å². The SMILES string of the molecule is Cc1cc([C@@]2(C)NC(=O)N(CC(=O)N3CC[C@@H](C)Sc4ccccc43)C2=O)c(C)o1. The predicted octanol–water partition coefficient (Wildman–Crippen LogP) is 3.58. The Morgan fingerprint density at radius 1 is 1.30 bits per heavy atom. The minimum absolute atomic E-state index is 0.273. The van der Waals surface area contributed by atoms with Crippen LogP contribution in [0.3, 0.4) is 0 Å². The van der Waals surface area contributed by atoms with Crippen molar-refractivity contribution < 1.29 is 18.8 Å². The first-order valence-electron chi connectivity index (χ1n) is 9.98. The van der Waals surface area contributed by atoms with Crippen LogP contribution in [0.25, 0.3) is 0 Å². The number of nitrogens with one attached hydrogen (secondary N) is 1. The number of imide groups is 1. The highest BCUT2D eigenvalue weighted by Gasteiger charge is 2.51. The van der Waals surface area contributed by atoms with Gasteiger partial charge in [0.2, 0.25) is 5.91 Å². The van der Waals surface area contributed by atoms with Crippen LogP contribution in [0.5, 0.6) is 0 Å². The van der Waals surface area contributed by atoms with Gasteiger partial charge in [-0.25, -0.2) is 4.79 Å². The molecule has 2 aromatic rings. The maximum Gasteiger partial charge on any atom is 0.325 e. The molecule has 1 aromatic heterocycles. The van der Waals surface area contributed by atoms with Crippen LogP contribution in [0.15, 0.2) is 39.6 Å². The van der Waals surface area contributed by atoms with E-state index < -0.39 is 17.5 Å². The number of carbonyl (C=O) groups is 3. The molecule has 0 aliphatic carbocycles. The van der Waals surface area contributed by atoms with Crippen LogP contribution in [-0.2, 0) is 15.1 Å². The molecule has 4 rings (SSSR count). The second-order valence-corrected chi connectivity index (χ2v) is 9.48. The summed E-state index contributed by atoms with van der Waals surface area (Å²) in [6, 6.07) is 8.93. The molecule has 3 heterocycles. The van der Waals surface area contributed by atoms with Gasteiger partial charge >= 0.3 is 6.03 Å². The van der Waals surface area contributed by atoms with Crippen molar-refractivity contribution in [2.75, 3.05) is 18.0 Å². The Kier molecular flexibility index (Phi) is 5.13. The molecule has 158 valence electrons. The molecule has 2 aliphatic heterocycles. The first-order valence-corrected chi connectivity index (χ1v) is 10.9. The maximum atomic E-state index is 13.2. The van der Waals surface area contributed by atoms with Crippen LogP contribution in [0.1, 0.15) is 37.4 Å². The fourth-order valence-electron chi connectivity index (χ4n) is 4.12. The maximum absolute atomic E-state index is 13.2. The van der Waals surface area contributed by atoms with E-state index in [2.05, 4.69) is 12.2 Å². The molecular formula is C22H25N3O4S. The summed E-state index contributed by atoms with van der Waals surface area (Å²) < 4.78 is 5.55. The fraction of sp³-hybridized carbons (Fsp3) is 0.409. The van der Waals surface area contributed by atoms with Crippen LogP contribution < -0.4 is 10.2 Å². The quantitative estimate of drug-likeness (QED) is 0.757. The molecule has 1 fully saturated rings. The molecule has 0 unspecified atom stereocenters. The van der Waals surface area contributed by atoms with Gasteiger partial charge < -0.3 is 14.6 Å². The highest BCUT2D eigenvalue weighted by atomic mass is 32.2. The molecule has 0 saturated carbocycles. The van der Waals surface area contributed by atoms with E-state index in [1.807, 2.05) is 24.3 Å². The summed E-state index contributed by atoms with van der Waals surface area (Å²) >= 11 is 1.73. The van der Waals surface area contributed by atoms with Crippen molar-refractivity contribution in [2.45, 2.75) is 49.8 Å². The number of para-hydroxylation sites is 1. The van der Waals surface area contributed by atoms with Gasteiger partial charge in [0.25, 0.3) is 5.91 Å². The molecule has 8 heteroatoms. The van der Waals surface area contributed by atoms with Crippen LogP contribution in [0, 0.1) is 13.8 Å². The van der Waals surface area contributed by atoms with Gasteiger partial charge in [-0.2, -0.15) is 0 Å². The number of fused-ring (bicyclic) bond motifs is 1. The lowest BCUT2D eigenvalue weighted by Gasteiger charge is -2.25. The van der Waals surface area contributed by atoms with E-state index in [4.69, 9.17) is 4.42 Å². The standard InChI is InChI=1S/C22H25N3O4S/c1-13-11-16(15(3)29-13)22(4)20(27)25(21(28)23-22)12-19(26)24-10-9-14(2)30-18-8-6-5-7-17(18)24/h5-8,11,14H,9-10,12H2,1-4H3,(H,23,28)/t14-,22-/m1/s1. The van der Waals surface area contributed by atoms with Crippen LogP contribution in [0.2, 0.25) is 0 Å². The third kappa shape index (κ3) is 3.39. The molecular weight excluding hydrogens is 402 g/mol. The summed E-state index contributed by atoms with van der Waals surface area (Å²) in [6.07, 6.45) is 0.830.